The summed E-state index contributed by atoms with van der Waals surface area (Å²) in [6, 6.07) is 11.4. The van der Waals surface area contributed by atoms with Crippen LogP contribution in [0.5, 0.6) is 0 Å². The Hall–Kier alpha value is -2.45. The predicted molar refractivity (Wildman–Crippen MR) is 75.8 cm³/mol. The van der Waals surface area contributed by atoms with E-state index in [2.05, 4.69) is 30.6 Å². The molecule has 0 amide bonds. The van der Waals surface area contributed by atoms with Crippen molar-refractivity contribution in [2.24, 2.45) is 5.84 Å². The van der Waals surface area contributed by atoms with Crippen molar-refractivity contribution in [2.75, 3.05) is 5.43 Å². The van der Waals surface area contributed by atoms with Crippen molar-refractivity contribution in [1.82, 2.24) is 25.1 Å². The quantitative estimate of drug-likeness (QED) is 0.380. The van der Waals surface area contributed by atoms with Gasteiger partial charge in [-0.1, -0.05) is 30.3 Å². The van der Waals surface area contributed by atoms with Crippen LogP contribution in [0.3, 0.4) is 0 Å². The van der Waals surface area contributed by atoms with E-state index in [-0.39, 0.29) is 0 Å². The Morgan fingerprint density at radius 1 is 1.15 bits per heavy atom. The van der Waals surface area contributed by atoms with Crippen LogP contribution >= 0.6 is 11.8 Å². The Balaban J connectivity index is 1.99. The molecule has 0 fully saturated rings. The summed E-state index contributed by atoms with van der Waals surface area (Å²) in [5.41, 5.74) is 3.47. The van der Waals surface area contributed by atoms with Crippen molar-refractivity contribution >= 4 is 17.6 Å². The fraction of sp³-hybridized carbons (Fsp3) is 0. The Labute approximate surface area is 119 Å². The Kier molecular flexibility index (Phi) is 3.57. The van der Waals surface area contributed by atoms with Crippen molar-refractivity contribution < 1.29 is 0 Å². The van der Waals surface area contributed by atoms with E-state index in [9.17, 15) is 0 Å². The number of nitrogen functional groups attached to an aromatic ring is 1. The molecule has 2 heterocycles. The lowest BCUT2D eigenvalue weighted by Gasteiger charge is -2.06. The molecule has 20 heavy (non-hydrogen) atoms. The van der Waals surface area contributed by atoms with Gasteiger partial charge in [0.2, 0.25) is 0 Å². The Morgan fingerprint density at radius 2 is 2.00 bits per heavy atom. The summed E-state index contributed by atoms with van der Waals surface area (Å²) in [6.07, 6.45) is 1.45. The minimum atomic E-state index is 0.542. The van der Waals surface area contributed by atoms with E-state index in [0.717, 1.165) is 10.6 Å². The first-order chi connectivity index (χ1) is 9.85. The highest BCUT2D eigenvalue weighted by atomic mass is 32.2. The maximum absolute atomic E-state index is 5.45. The molecule has 0 saturated heterocycles. The molecule has 100 valence electrons. The van der Waals surface area contributed by atoms with E-state index in [1.165, 1.54) is 18.1 Å². The summed E-state index contributed by atoms with van der Waals surface area (Å²) in [5, 5.41) is 7.96. The second kappa shape index (κ2) is 5.68. The minimum Gasteiger partial charge on any atom is -0.308 e. The lowest BCUT2D eigenvalue weighted by Crippen LogP contribution is -2.09. The number of hydrazine groups is 1. The molecule has 0 aliphatic heterocycles. The molecule has 4 N–H and O–H groups in total. The SMILES string of the molecule is NNc1cc(Sc2ncn[nH]2)nc(-c2ccccc2)n1. The van der Waals surface area contributed by atoms with E-state index in [1.807, 2.05) is 30.3 Å². The van der Waals surface area contributed by atoms with Gasteiger partial charge in [-0.25, -0.2) is 20.8 Å². The van der Waals surface area contributed by atoms with Gasteiger partial charge in [0.1, 0.15) is 17.2 Å². The number of nitrogens with zero attached hydrogens (tertiary/aromatic N) is 4. The molecule has 0 spiro atoms. The number of hydrogen-bond donors (Lipinski definition) is 3. The number of nitrogens with two attached hydrogens (primary N) is 1. The number of benzene rings is 1. The van der Waals surface area contributed by atoms with Crippen LogP contribution in [0.15, 0.2) is 52.9 Å². The van der Waals surface area contributed by atoms with Crippen LogP contribution < -0.4 is 11.3 Å². The number of nitrogens with one attached hydrogen (secondary N) is 2. The first-order valence-electron chi connectivity index (χ1n) is 5.79. The van der Waals surface area contributed by atoms with Crippen LogP contribution in [-0.2, 0) is 0 Å². The largest absolute Gasteiger partial charge is 0.308 e. The fourth-order valence-corrected chi connectivity index (χ4v) is 2.31. The molecule has 0 aliphatic rings. The van der Waals surface area contributed by atoms with Gasteiger partial charge in [0.25, 0.3) is 0 Å². The predicted octanol–water partition coefficient (Wildman–Crippen LogP) is 1.70. The summed E-state index contributed by atoms with van der Waals surface area (Å²) >= 11 is 1.36. The molecular formula is C12H11N7S. The third-order valence-corrected chi connectivity index (χ3v) is 3.28. The van der Waals surface area contributed by atoms with E-state index in [4.69, 9.17) is 5.84 Å². The van der Waals surface area contributed by atoms with Crippen LogP contribution in [0.25, 0.3) is 11.4 Å². The van der Waals surface area contributed by atoms with Gasteiger partial charge in [-0.05, 0) is 11.8 Å². The topological polar surface area (TPSA) is 105 Å². The maximum Gasteiger partial charge on any atom is 0.189 e. The fourth-order valence-electron chi connectivity index (χ4n) is 1.61. The standard InChI is InChI=1S/C12H11N7S/c13-18-9-6-10(20-12-14-7-15-19-12)17-11(16-9)8-4-2-1-3-5-8/h1-7H,13H2,(H,14,15,19)(H,16,17,18). The molecule has 0 bridgehead atoms. The summed E-state index contributed by atoms with van der Waals surface area (Å²) < 4.78 is 0. The zero-order chi connectivity index (χ0) is 13.8. The highest BCUT2D eigenvalue weighted by Crippen LogP contribution is 2.26. The average Bonchev–Trinajstić information content (AvgIpc) is 3.00. The Bertz CT molecular complexity index is 684. The van der Waals surface area contributed by atoms with E-state index >= 15 is 0 Å². The van der Waals surface area contributed by atoms with Crippen LogP contribution in [0, 0.1) is 0 Å². The van der Waals surface area contributed by atoms with Gasteiger partial charge in [-0.3, -0.25) is 5.10 Å². The van der Waals surface area contributed by atoms with Gasteiger partial charge in [-0.15, -0.1) is 0 Å². The molecule has 2 aromatic heterocycles. The number of rotatable bonds is 4. The second-order valence-electron chi connectivity index (χ2n) is 3.82. The minimum absolute atomic E-state index is 0.542. The summed E-state index contributed by atoms with van der Waals surface area (Å²) in [4.78, 5) is 12.9. The van der Waals surface area contributed by atoms with Crippen molar-refractivity contribution in [3.05, 3.63) is 42.7 Å². The van der Waals surface area contributed by atoms with Crippen molar-refractivity contribution in [1.29, 1.82) is 0 Å². The average molecular weight is 285 g/mol. The smallest absolute Gasteiger partial charge is 0.189 e. The zero-order valence-corrected chi connectivity index (χ0v) is 11.1. The maximum atomic E-state index is 5.45. The van der Waals surface area contributed by atoms with Gasteiger partial charge < -0.3 is 5.43 Å². The van der Waals surface area contributed by atoms with Crippen LogP contribution in [0.1, 0.15) is 0 Å². The highest BCUT2D eigenvalue weighted by molar-refractivity contribution is 7.99. The monoisotopic (exact) mass is 285 g/mol. The van der Waals surface area contributed by atoms with Gasteiger partial charge in [0, 0.05) is 11.6 Å². The molecule has 0 radical (unpaired) electrons. The molecular weight excluding hydrogens is 274 g/mol. The molecule has 0 saturated carbocycles. The first-order valence-corrected chi connectivity index (χ1v) is 6.61. The third kappa shape index (κ3) is 2.76. The molecule has 0 unspecified atom stereocenters. The molecule has 3 aromatic rings. The van der Waals surface area contributed by atoms with Gasteiger partial charge in [-0.2, -0.15) is 5.10 Å². The summed E-state index contributed by atoms with van der Waals surface area (Å²) in [5.74, 6) is 6.60. The summed E-state index contributed by atoms with van der Waals surface area (Å²) in [6.45, 7) is 0. The van der Waals surface area contributed by atoms with Crippen LogP contribution in [-0.4, -0.2) is 25.1 Å². The molecule has 0 atom stereocenters. The van der Waals surface area contributed by atoms with E-state index in [0.29, 0.717) is 16.8 Å². The lowest BCUT2D eigenvalue weighted by atomic mass is 10.2. The second-order valence-corrected chi connectivity index (χ2v) is 4.83. The van der Waals surface area contributed by atoms with Crippen LogP contribution in [0.4, 0.5) is 5.82 Å². The van der Waals surface area contributed by atoms with Crippen LogP contribution in [0.2, 0.25) is 0 Å². The summed E-state index contributed by atoms with van der Waals surface area (Å²) in [7, 11) is 0. The highest BCUT2D eigenvalue weighted by Gasteiger charge is 2.08. The first kappa shape index (κ1) is 12.6. The number of anilines is 1. The van der Waals surface area contributed by atoms with Crippen molar-refractivity contribution in [2.45, 2.75) is 10.2 Å². The number of hydrogen-bond acceptors (Lipinski definition) is 7. The van der Waals surface area contributed by atoms with E-state index in [1.54, 1.807) is 6.07 Å². The van der Waals surface area contributed by atoms with Gasteiger partial charge in [0.05, 0.1) is 0 Å². The number of H-pyrrole nitrogens is 1. The van der Waals surface area contributed by atoms with E-state index < -0.39 is 0 Å². The third-order valence-electron chi connectivity index (χ3n) is 2.48. The molecule has 7 nitrogen and oxygen atoms in total. The molecule has 0 aliphatic carbocycles. The zero-order valence-electron chi connectivity index (χ0n) is 10.3. The number of aromatic nitrogens is 5. The Morgan fingerprint density at radius 3 is 2.70 bits per heavy atom. The van der Waals surface area contributed by atoms with Gasteiger partial charge >= 0.3 is 0 Å². The van der Waals surface area contributed by atoms with Crippen molar-refractivity contribution in [3.63, 3.8) is 0 Å². The molecule has 1 aromatic carbocycles. The number of aromatic amines is 1. The van der Waals surface area contributed by atoms with Crippen molar-refractivity contribution in [3.8, 4) is 11.4 Å². The van der Waals surface area contributed by atoms with Gasteiger partial charge in [0.15, 0.2) is 11.0 Å². The normalized spacial score (nSPS) is 10.4. The molecule has 3 rings (SSSR count). The lowest BCUT2D eigenvalue weighted by molar-refractivity contribution is 0.963. The molecule has 8 heteroatoms.